The first-order valence-corrected chi connectivity index (χ1v) is 7.87. The summed E-state index contributed by atoms with van der Waals surface area (Å²) in [5, 5.41) is 0. The minimum absolute atomic E-state index is 0.876. The Bertz CT molecular complexity index is 800. The van der Waals surface area contributed by atoms with Gasteiger partial charge in [-0.1, -0.05) is 0 Å². The van der Waals surface area contributed by atoms with Crippen LogP contribution in [0.15, 0.2) is 72.4 Å². The van der Waals surface area contributed by atoms with Gasteiger partial charge in [-0.15, -0.1) is 0 Å². The molecular weight excluding hydrogens is 319 g/mol. The van der Waals surface area contributed by atoms with Crippen LogP contribution in [-0.2, 0) is 6.42 Å². The van der Waals surface area contributed by atoms with Crippen LogP contribution < -0.4 is 0 Å². The Kier molecular flexibility index (Phi) is 4.08. The molecule has 3 aromatic rings. The van der Waals surface area contributed by atoms with Crippen molar-refractivity contribution in [2.75, 3.05) is 0 Å². The average molecular weight is 334 g/mol. The zero-order valence-corrected chi connectivity index (χ0v) is 13.5. The van der Waals surface area contributed by atoms with Crippen molar-refractivity contribution in [1.29, 1.82) is 0 Å². The van der Waals surface area contributed by atoms with Crippen molar-refractivity contribution in [3.8, 4) is 0 Å². The molecule has 0 aliphatic rings. The SMILES string of the molecule is C=C/C(=C\[As])c1ccc2ncc(Cc3ccccc3)n2c1. The Morgan fingerprint density at radius 3 is 2.71 bits per heavy atom. The molecule has 1 aromatic carbocycles. The first-order chi connectivity index (χ1) is 10.3. The molecule has 3 heteroatoms. The summed E-state index contributed by atoms with van der Waals surface area (Å²) in [6.45, 7) is 3.86. The van der Waals surface area contributed by atoms with Gasteiger partial charge in [0.15, 0.2) is 0 Å². The summed E-state index contributed by atoms with van der Waals surface area (Å²) in [6, 6.07) is 14.6. The van der Waals surface area contributed by atoms with Crippen LogP contribution in [0.3, 0.4) is 0 Å². The fourth-order valence-electron chi connectivity index (χ4n) is 2.38. The van der Waals surface area contributed by atoms with E-state index in [0.29, 0.717) is 0 Å². The number of nitrogens with zero attached hydrogens (tertiary/aromatic N) is 2. The molecule has 2 aromatic heterocycles. The number of aromatic nitrogens is 2. The van der Waals surface area contributed by atoms with Crippen LogP contribution in [0.2, 0.25) is 0 Å². The fourth-order valence-corrected chi connectivity index (χ4v) is 2.92. The van der Waals surface area contributed by atoms with E-state index in [4.69, 9.17) is 0 Å². The van der Waals surface area contributed by atoms with Gasteiger partial charge >= 0.3 is 133 Å². The predicted octanol–water partition coefficient (Wildman–Crippen LogP) is 3.62. The van der Waals surface area contributed by atoms with Crippen LogP contribution in [0.4, 0.5) is 0 Å². The van der Waals surface area contributed by atoms with Crippen molar-refractivity contribution in [2.45, 2.75) is 6.42 Å². The summed E-state index contributed by atoms with van der Waals surface area (Å²) in [5.41, 5.74) is 5.70. The predicted molar refractivity (Wildman–Crippen MR) is 88.4 cm³/mol. The minimum atomic E-state index is 0.876. The first-order valence-electron chi connectivity index (χ1n) is 6.79. The van der Waals surface area contributed by atoms with Crippen LogP contribution >= 0.6 is 0 Å². The number of fused-ring (bicyclic) bond motifs is 1. The van der Waals surface area contributed by atoms with Gasteiger partial charge in [0.25, 0.3) is 0 Å². The molecule has 0 fully saturated rings. The second-order valence-electron chi connectivity index (χ2n) is 4.85. The second kappa shape index (κ2) is 6.15. The van der Waals surface area contributed by atoms with Gasteiger partial charge in [-0.05, 0) is 0 Å². The van der Waals surface area contributed by atoms with E-state index in [2.05, 4.69) is 69.3 Å². The van der Waals surface area contributed by atoms with Crippen molar-refractivity contribution in [3.63, 3.8) is 0 Å². The maximum absolute atomic E-state index is 4.48. The van der Waals surface area contributed by atoms with E-state index < -0.39 is 0 Å². The number of hydrogen-bond acceptors (Lipinski definition) is 1. The van der Waals surface area contributed by atoms with E-state index in [1.807, 2.05) is 29.3 Å². The van der Waals surface area contributed by atoms with E-state index in [9.17, 15) is 0 Å². The van der Waals surface area contributed by atoms with Crippen LogP contribution in [0.25, 0.3) is 11.2 Å². The van der Waals surface area contributed by atoms with Crippen LogP contribution in [0, 0.1) is 0 Å². The van der Waals surface area contributed by atoms with Gasteiger partial charge in [0, 0.05) is 0 Å². The molecule has 0 aliphatic heterocycles. The zero-order valence-electron chi connectivity index (χ0n) is 11.6. The molecule has 3 rings (SSSR count). The molecule has 0 bridgehead atoms. The van der Waals surface area contributed by atoms with E-state index in [0.717, 1.165) is 23.2 Å². The second-order valence-corrected chi connectivity index (χ2v) is 5.39. The summed E-state index contributed by atoms with van der Waals surface area (Å²) in [4.78, 5) is 6.49. The Balaban J connectivity index is 2.04. The number of allylic oxidation sites excluding steroid dienone is 2. The normalized spacial score (nSPS) is 11.8. The molecular formula is C18H15AsN2. The summed E-state index contributed by atoms with van der Waals surface area (Å²) in [7, 11) is 0. The quantitative estimate of drug-likeness (QED) is 0.526. The first kappa shape index (κ1) is 13.9. The topological polar surface area (TPSA) is 17.3 Å². The van der Waals surface area contributed by atoms with Crippen molar-refractivity contribution in [2.24, 2.45) is 0 Å². The Morgan fingerprint density at radius 1 is 1.19 bits per heavy atom. The molecule has 0 saturated carbocycles. The van der Waals surface area contributed by atoms with Crippen molar-refractivity contribution in [3.05, 3.63) is 89.2 Å². The van der Waals surface area contributed by atoms with Gasteiger partial charge in [0.05, 0.1) is 0 Å². The van der Waals surface area contributed by atoms with Gasteiger partial charge in [0.2, 0.25) is 0 Å². The fraction of sp³-hybridized carbons (Fsp3) is 0.0556. The zero-order chi connectivity index (χ0) is 14.7. The number of rotatable bonds is 4. The van der Waals surface area contributed by atoms with E-state index >= 15 is 0 Å². The maximum atomic E-state index is 4.48. The van der Waals surface area contributed by atoms with Gasteiger partial charge in [-0.25, -0.2) is 0 Å². The molecule has 21 heavy (non-hydrogen) atoms. The summed E-state index contributed by atoms with van der Waals surface area (Å²) in [5.74, 6) is 0. The summed E-state index contributed by atoms with van der Waals surface area (Å²) >= 11 is 2.48. The molecule has 0 unspecified atom stereocenters. The van der Waals surface area contributed by atoms with E-state index in [1.165, 1.54) is 11.3 Å². The molecule has 0 amide bonds. The van der Waals surface area contributed by atoms with Gasteiger partial charge in [0.1, 0.15) is 0 Å². The molecule has 2 radical (unpaired) electrons. The van der Waals surface area contributed by atoms with Crippen LogP contribution in [0.1, 0.15) is 16.8 Å². The number of benzene rings is 1. The summed E-state index contributed by atoms with van der Waals surface area (Å²) < 4.78 is 2.16. The van der Waals surface area contributed by atoms with Gasteiger partial charge in [-0.3, -0.25) is 0 Å². The van der Waals surface area contributed by atoms with Crippen molar-refractivity contribution in [1.82, 2.24) is 9.38 Å². The standard InChI is InChI=1S/C18H15AsN2/c1-2-15(11-19)16-8-9-18-20-12-17(21(18)13-16)10-14-6-4-3-5-7-14/h2-9,11-13H,1,10H2/b15-11+. The third-order valence-corrected chi connectivity index (χ3v) is 4.09. The Hall–Kier alpha value is -2.05. The van der Waals surface area contributed by atoms with Gasteiger partial charge < -0.3 is 0 Å². The number of pyridine rings is 1. The molecule has 0 N–H and O–H groups in total. The van der Waals surface area contributed by atoms with Crippen molar-refractivity contribution >= 4 is 28.1 Å². The molecule has 2 heterocycles. The monoisotopic (exact) mass is 334 g/mol. The average Bonchev–Trinajstić information content (AvgIpc) is 2.92. The van der Waals surface area contributed by atoms with Gasteiger partial charge in [-0.2, -0.15) is 0 Å². The van der Waals surface area contributed by atoms with Crippen molar-refractivity contribution < 1.29 is 0 Å². The number of imidazole rings is 1. The molecule has 2 nitrogen and oxygen atoms in total. The van der Waals surface area contributed by atoms with Crippen LogP contribution in [-0.4, -0.2) is 26.2 Å². The third kappa shape index (κ3) is 2.86. The Labute approximate surface area is 133 Å². The molecule has 102 valence electrons. The molecule has 0 atom stereocenters. The molecule has 0 saturated heterocycles. The Morgan fingerprint density at radius 2 is 2.00 bits per heavy atom. The molecule has 0 aliphatic carbocycles. The number of hydrogen-bond donors (Lipinski definition) is 0. The van der Waals surface area contributed by atoms with E-state index in [-0.39, 0.29) is 0 Å². The van der Waals surface area contributed by atoms with E-state index in [1.54, 1.807) is 0 Å². The van der Waals surface area contributed by atoms with Crippen LogP contribution in [0.5, 0.6) is 0 Å². The summed E-state index contributed by atoms with van der Waals surface area (Å²) in [6.07, 6.45) is 6.82. The third-order valence-electron chi connectivity index (χ3n) is 3.50. The molecule has 0 spiro atoms.